The van der Waals surface area contributed by atoms with Crippen LogP contribution in [0.4, 0.5) is 0 Å². The van der Waals surface area contributed by atoms with Gasteiger partial charge in [-0.05, 0) is 59.9 Å². The first kappa shape index (κ1) is 18.0. The molecule has 1 aromatic carbocycles. The maximum Gasteiger partial charge on any atom is 0.189 e. The third-order valence-electron chi connectivity index (χ3n) is 4.27. The van der Waals surface area contributed by atoms with E-state index in [1.807, 2.05) is 17.3 Å². The number of benzene rings is 1. The molecule has 0 radical (unpaired) electrons. The highest BCUT2D eigenvalue weighted by Crippen LogP contribution is 2.30. The zero-order valence-electron chi connectivity index (χ0n) is 15.3. The Kier molecular flexibility index (Phi) is 5.17. The third-order valence-corrected chi connectivity index (χ3v) is 4.27. The van der Waals surface area contributed by atoms with Gasteiger partial charge >= 0.3 is 0 Å². The lowest BCUT2D eigenvalue weighted by Crippen LogP contribution is -2.65. The van der Waals surface area contributed by atoms with Gasteiger partial charge in [-0.25, -0.2) is 4.90 Å². The first-order valence-corrected chi connectivity index (χ1v) is 8.43. The van der Waals surface area contributed by atoms with Crippen molar-refractivity contribution in [1.29, 1.82) is 0 Å². The number of aliphatic imine (C=N–C) groups is 1. The van der Waals surface area contributed by atoms with Crippen LogP contribution in [0.3, 0.4) is 0 Å². The van der Waals surface area contributed by atoms with Crippen molar-refractivity contribution >= 4 is 6.34 Å². The van der Waals surface area contributed by atoms with Crippen LogP contribution in [0.15, 0.2) is 35.3 Å². The van der Waals surface area contributed by atoms with Gasteiger partial charge in [0.05, 0.1) is 6.34 Å². The lowest BCUT2D eigenvalue weighted by molar-refractivity contribution is -0.167. The summed E-state index contributed by atoms with van der Waals surface area (Å²) in [6.45, 7) is 12.7. The molecule has 1 N–H and O–H groups in total. The van der Waals surface area contributed by atoms with Gasteiger partial charge in [0, 0.05) is 11.1 Å². The largest absolute Gasteiger partial charge is 0.361 e. The van der Waals surface area contributed by atoms with Crippen LogP contribution < -0.4 is 0 Å². The molecule has 0 saturated heterocycles. The average molecular weight is 317 g/mol. The zero-order chi connectivity index (χ0) is 17.3. The van der Waals surface area contributed by atoms with Crippen molar-refractivity contribution in [2.24, 2.45) is 4.99 Å². The van der Waals surface area contributed by atoms with Crippen molar-refractivity contribution in [1.82, 2.24) is 9.80 Å². The molecule has 4 heteroatoms. The summed E-state index contributed by atoms with van der Waals surface area (Å²) in [5, 5.41) is 10.9. The van der Waals surface area contributed by atoms with Crippen LogP contribution in [0.1, 0.15) is 53.5 Å². The average Bonchev–Trinajstić information content (AvgIpc) is 2.43. The number of hydrogen-bond acceptors (Lipinski definition) is 4. The van der Waals surface area contributed by atoms with E-state index < -0.39 is 6.35 Å². The summed E-state index contributed by atoms with van der Waals surface area (Å²) >= 11 is 0. The standard InChI is InChI=1S/C19H31N3O/c1-18(2,3)21-14-20-16(22(17(21)23)19(4,5)6)13-12-15-10-8-7-9-11-15/h7-11,14,16-17,23H,12-13H2,1-6H3. The smallest absolute Gasteiger partial charge is 0.189 e. The fourth-order valence-corrected chi connectivity index (χ4v) is 3.04. The Morgan fingerprint density at radius 2 is 1.61 bits per heavy atom. The van der Waals surface area contributed by atoms with E-state index in [1.54, 1.807) is 0 Å². The molecule has 0 spiro atoms. The van der Waals surface area contributed by atoms with E-state index in [2.05, 4.69) is 70.7 Å². The molecule has 1 heterocycles. The van der Waals surface area contributed by atoms with Crippen molar-refractivity contribution in [3.8, 4) is 0 Å². The Bertz CT molecular complexity index is 528. The SMILES string of the molecule is CC(C)(C)N1C=NC(CCc2ccccc2)N(C(C)(C)C)C1O. The second-order valence-corrected chi connectivity index (χ2v) is 8.27. The summed E-state index contributed by atoms with van der Waals surface area (Å²) in [6.07, 6.45) is 3.00. The predicted octanol–water partition coefficient (Wildman–Crippen LogP) is 3.46. The minimum absolute atomic E-state index is 0.0104. The molecule has 2 unspecified atom stereocenters. The first-order valence-electron chi connectivity index (χ1n) is 8.43. The number of rotatable bonds is 3. The molecule has 4 nitrogen and oxygen atoms in total. The highest BCUT2D eigenvalue weighted by molar-refractivity contribution is 5.57. The number of hydrogen-bond donors (Lipinski definition) is 1. The van der Waals surface area contributed by atoms with Crippen LogP contribution in [-0.4, -0.2) is 44.8 Å². The molecule has 0 bridgehead atoms. The van der Waals surface area contributed by atoms with Crippen molar-refractivity contribution in [2.45, 2.75) is 78.0 Å². The van der Waals surface area contributed by atoms with Crippen LogP contribution in [0.2, 0.25) is 0 Å². The van der Waals surface area contributed by atoms with Gasteiger partial charge < -0.3 is 10.0 Å². The molecule has 0 fully saturated rings. The summed E-state index contributed by atoms with van der Waals surface area (Å²) in [6, 6.07) is 10.5. The summed E-state index contributed by atoms with van der Waals surface area (Å²) < 4.78 is 0. The molecule has 0 amide bonds. The van der Waals surface area contributed by atoms with Crippen molar-refractivity contribution in [3.63, 3.8) is 0 Å². The summed E-state index contributed by atoms with van der Waals surface area (Å²) in [5.74, 6) is 0. The number of aliphatic hydroxyl groups is 1. The van der Waals surface area contributed by atoms with Crippen LogP contribution in [0.5, 0.6) is 0 Å². The number of aliphatic hydroxyl groups excluding tert-OH is 1. The lowest BCUT2D eigenvalue weighted by Gasteiger charge is -2.52. The minimum Gasteiger partial charge on any atom is -0.361 e. The molecular weight excluding hydrogens is 286 g/mol. The molecule has 0 aliphatic carbocycles. The van der Waals surface area contributed by atoms with E-state index in [9.17, 15) is 5.11 Å². The van der Waals surface area contributed by atoms with Gasteiger partial charge in [-0.15, -0.1) is 0 Å². The molecule has 1 aliphatic rings. The molecule has 2 rings (SSSR count). The molecule has 1 aromatic rings. The monoisotopic (exact) mass is 317 g/mol. The lowest BCUT2D eigenvalue weighted by atomic mass is 10.00. The van der Waals surface area contributed by atoms with E-state index in [-0.39, 0.29) is 17.2 Å². The second-order valence-electron chi connectivity index (χ2n) is 8.27. The summed E-state index contributed by atoms with van der Waals surface area (Å²) in [5.41, 5.74) is 0.975. The van der Waals surface area contributed by atoms with Crippen LogP contribution in [0, 0.1) is 0 Å². The van der Waals surface area contributed by atoms with Crippen LogP contribution in [-0.2, 0) is 6.42 Å². The number of aryl methyl sites for hydroxylation is 1. The number of nitrogens with zero attached hydrogens (tertiary/aromatic N) is 3. The third kappa shape index (κ3) is 4.33. The van der Waals surface area contributed by atoms with Crippen molar-refractivity contribution < 1.29 is 5.11 Å². The Hall–Kier alpha value is -1.39. The van der Waals surface area contributed by atoms with Crippen LogP contribution in [0.25, 0.3) is 0 Å². The maximum absolute atomic E-state index is 10.9. The van der Waals surface area contributed by atoms with E-state index in [0.29, 0.717) is 0 Å². The summed E-state index contributed by atoms with van der Waals surface area (Å²) in [7, 11) is 0. The molecule has 2 atom stereocenters. The van der Waals surface area contributed by atoms with Crippen molar-refractivity contribution in [2.75, 3.05) is 0 Å². The summed E-state index contributed by atoms with van der Waals surface area (Å²) in [4.78, 5) is 8.80. The second kappa shape index (κ2) is 6.62. The van der Waals surface area contributed by atoms with Crippen molar-refractivity contribution in [3.05, 3.63) is 35.9 Å². The molecule has 128 valence electrons. The van der Waals surface area contributed by atoms with E-state index in [0.717, 1.165) is 12.8 Å². The molecule has 0 saturated carbocycles. The minimum atomic E-state index is -0.659. The Morgan fingerprint density at radius 1 is 1.00 bits per heavy atom. The van der Waals surface area contributed by atoms with E-state index >= 15 is 0 Å². The van der Waals surface area contributed by atoms with Gasteiger partial charge in [0.1, 0.15) is 6.17 Å². The van der Waals surface area contributed by atoms with E-state index in [4.69, 9.17) is 4.99 Å². The highest BCUT2D eigenvalue weighted by atomic mass is 16.3. The molecular formula is C19H31N3O. The van der Waals surface area contributed by atoms with Gasteiger partial charge in [-0.2, -0.15) is 0 Å². The maximum atomic E-state index is 10.9. The van der Waals surface area contributed by atoms with Gasteiger partial charge in [-0.3, -0.25) is 4.99 Å². The first-order chi connectivity index (χ1) is 10.6. The van der Waals surface area contributed by atoms with Gasteiger partial charge in [0.15, 0.2) is 6.35 Å². The molecule has 23 heavy (non-hydrogen) atoms. The highest BCUT2D eigenvalue weighted by Gasteiger charge is 2.41. The fourth-order valence-electron chi connectivity index (χ4n) is 3.04. The van der Waals surface area contributed by atoms with Crippen LogP contribution >= 0.6 is 0 Å². The Labute approximate surface area is 140 Å². The van der Waals surface area contributed by atoms with Gasteiger partial charge in [0.2, 0.25) is 0 Å². The molecule has 1 aliphatic heterocycles. The normalized spacial score (nSPS) is 23.3. The zero-order valence-corrected chi connectivity index (χ0v) is 15.3. The quantitative estimate of drug-likeness (QED) is 0.928. The topological polar surface area (TPSA) is 39.1 Å². The Morgan fingerprint density at radius 3 is 2.13 bits per heavy atom. The fraction of sp³-hybridized carbons (Fsp3) is 0.632. The molecule has 0 aromatic heterocycles. The predicted molar refractivity (Wildman–Crippen MR) is 96.2 cm³/mol. The Balaban J connectivity index is 2.20. The van der Waals surface area contributed by atoms with E-state index in [1.165, 1.54) is 5.56 Å². The van der Waals surface area contributed by atoms with Gasteiger partial charge in [-0.1, -0.05) is 30.3 Å². The van der Waals surface area contributed by atoms with Gasteiger partial charge in [0.25, 0.3) is 0 Å².